The van der Waals surface area contributed by atoms with Gasteiger partial charge in [0, 0.05) is 6.42 Å². The minimum absolute atomic E-state index is 0.378. The van der Waals surface area contributed by atoms with Crippen LogP contribution in [0.2, 0.25) is 0 Å². The third-order valence-electron chi connectivity index (χ3n) is 5.21. The van der Waals surface area contributed by atoms with E-state index in [0.717, 1.165) is 62.5 Å². The maximum absolute atomic E-state index is 12.3. The number of carbonyl (C=O) groups is 2. The van der Waals surface area contributed by atoms with Crippen LogP contribution in [0.5, 0.6) is 0 Å². The third-order valence-corrected chi connectivity index (χ3v) is 5.21. The predicted octanol–water partition coefficient (Wildman–Crippen LogP) is 6.77. The van der Waals surface area contributed by atoms with Crippen LogP contribution in [0.25, 0.3) is 0 Å². The van der Waals surface area contributed by atoms with Crippen LogP contribution in [0.15, 0.2) is 48.5 Å². The van der Waals surface area contributed by atoms with E-state index >= 15 is 0 Å². The third kappa shape index (κ3) is 9.76. The first-order valence-electron chi connectivity index (χ1n) is 12.0. The average Bonchev–Trinajstić information content (AvgIpc) is 2.84. The summed E-state index contributed by atoms with van der Waals surface area (Å²) in [5.41, 5.74) is 3.07. The van der Waals surface area contributed by atoms with Gasteiger partial charge in [0.15, 0.2) is 0 Å². The van der Waals surface area contributed by atoms with Gasteiger partial charge in [0.1, 0.15) is 0 Å². The van der Waals surface area contributed by atoms with Crippen molar-refractivity contribution in [3.05, 3.63) is 70.8 Å². The standard InChI is InChI=1S/C27H36O6/c1-4-7-8-9-12-25(30-32-26(28)23-17-13-21(10-5-2)14-18-23)31-33-27(29)24-19-15-22(11-6-3)16-20-24/h13-20,25H,4-12H2,1-3H3. The summed E-state index contributed by atoms with van der Waals surface area (Å²) in [6.07, 6.45) is 7.29. The molecule has 0 amide bonds. The normalized spacial score (nSPS) is 10.9. The van der Waals surface area contributed by atoms with E-state index in [1.54, 1.807) is 24.3 Å². The molecule has 0 heterocycles. The molecule has 2 rings (SSSR count). The lowest BCUT2D eigenvalue weighted by atomic mass is 10.1. The molecule has 0 fully saturated rings. The quantitative estimate of drug-likeness (QED) is 0.128. The Morgan fingerprint density at radius 3 is 1.48 bits per heavy atom. The van der Waals surface area contributed by atoms with Crippen LogP contribution in [-0.2, 0) is 32.4 Å². The zero-order valence-corrected chi connectivity index (χ0v) is 20.0. The molecule has 2 aromatic rings. The Labute approximate surface area is 197 Å². The molecule has 0 aliphatic heterocycles. The van der Waals surface area contributed by atoms with Crippen molar-refractivity contribution in [3.8, 4) is 0 Å². The van der Waals surface area contributed by atoms with Crippen LogP contribution in [-0.4, -0.2) is 18.2 Å². The lowest BCUT2D eigenvalue weighted by Gasteiger charge is -2.15. The second-order valence-corrected chi connectivity index (χ2v) is 8.11. The number of unbranched alkanes of at least 4 members (excludes halogenated alkanes) is 3. The number of aryl methyl sites for hydroxylation is 2. The fraction of sp³-hybridized carbons (Fsp3) is 0.481. The van der Waals surface area contributed by atoms with E-state index in [-0.39, 0.29) is 0 Å². The van der Waals surface area contributed by atoms with Crippen LogP contribution < -0.4 is 0 Å². The molecule has 0 spiro atoms. The predicted molar refractivity (Wildman–Crippen MR) is 126 cm³/mol. The smallest absolute Gasteiger partial charge is 0.290 e. The number of benzene rings is 2. The highest BCUT2D eigenvalue weighted by atomic mass is 17.3. The van der Waals surface area contributed by atoms with Crippen molar-refractivity contribution in [3.63, 3.8) is 0 Å². The zero-order valence-electron chi connectivity index (χ0n) is 20.0. The fourth-order valence-corrected chi connectivity index (χ4v) is 3.33. The molecule has 0 aromatic heterocycles. The number of rotatable bonds is 15. The first-order chi connectivity index (χ1) is 16.1. The van der Waals surface area contributed by atoms with Gasteiger partial charge in [-0.1, -0.05) is 77.1 Å². The van der Waals surface area contributed by atoms with Gasteiger partial charge in [-0.2, -0.15) is 0 Å². The van der Waals surface area contributed by atoms with Gasteiger partial charge in [0.25, 0.3) is 0 Å². The maximum atomic E-state index is 12.3. The van der Waals surface area contributed by atoms with Gasteiger partial charge in [0.05, 0.1) is 11.1 Å². The largest absolute Gasteiger partial charge is 0.373 e. The van der Waals surface area contributed by atoms with Gasteiger partial charge in [0.2, 0.25) is 6.29 Å². The summed E-state index contributed by atoms with van der Waals surface area (Å²) < 4.78 is 0. The molecular weight excluding hydrogens is 420 g/mol. The molecule has 0 N–H and O–H groups in total. The van der Waals surface area contributed by atoms with Crippen molar-refractivity contribution in [1.82, 2.24) is 0 Å². The van der Waals surface area contributed by atoms with Crippen molar-refractivity contribution in [2.75, 3.05) is 0 Å². The van der Waals surface area contributed by atoms with E-state index in [9.17, 15) is 9.59 Å². The van der Waals surface area contributed by atoms with Crippen molar-refractivity contribution in [2.24, 2.45) is 0 Å². The van der Waals surface area contributed by atoms with Gasteiger partial charge in [-0.05, 0) is 54.7 Å². The molecule has 0 radical (unpaired) electrons. The summed E-state index contributed by atoms with van der Waals surface area (Å²) >= 11 is 0. The number of carbonyl (C=O) groups excluding carboxylic acids is 2. The van der Waals surface area contributed by atoms with Crippen LogP contribution in [0.3, 0.4) is 0 Å². The number of hydrogen-bond acceptors (Lipinski definition) is 6. The Morgan fingerprint density at radius 1 is 0.636 bits per heavy atom. The molecule has 0 bridgehead atoms. The lowest BCUT2D eigenvalue weighted by Crippen LogP contribution is -2.22. The SMILES string of the molecule is CCCCCCC(OOC(=O)c1ccc(CCC)cc1)OOC(=O)c1ccc(CCC)cc1. The van der Waals surface area contributed by atoms with Crippen molar-refractivity contribution in [1.29, 1.82) is 0 Å². The summed E-state index contributed by atoms with van der Waals surface area (Å²) in [7, 11) is 0. The molecule has 33 heavy (non-hydrogen) atoms. The highest BCUT2D eigenvalue weighted by molar-refractivity contribution is 5.89. The van der Waals surface area contributed by atoms with Gasteiger partial charge in [-0.15, -0.1) is 9.78 Å². The molecule has 180 valence electrons. The minimum Gasteiger partial charge on any atom is -0.290 e. The van der Waals surface area contributed by atoms with E-state index < -0.39 is 18.2 Å². The fourth-order valence-electron chi connectivity index (χ4n) is 3.33. The van der Waals surface area contributed by atoms with E-state index in [1.807, 2.05) is 24.3 Å². The molecule has 0 unspecified atom stereocenters. The Balaban J connectivity index is 1.89. The second kappa shape index (κ2) is 15.2. The molecule has 0 aliphatic rings. The summed E-state index contributed by atoms with van der Waals surface area (Å²) in [5.74, 6) is -1.25. The average molecular weight is 457 g/mol. The number of hydrogen-bond donors (Lipinski definition) is 0. The monoisotopic (exact) mass is 456 g/mol. The van der Waals surface area contributed by atoms with E-state index in [2.05, 4.69) is 20.8 Å². The molecule has 0 atom stereocenters. The molecule has 0 saturated carbocycles. The molecule has 0 aliphatic carbocycles. The Morgan fingerprint density at radius 2 is 1.09 bits per heavy atom. The topological polar surface area (TPSA) is 71.1 Å². The van der Waals surface area contributed by atoms with Crippen molar-refractivity contribution in [2.45, 2.75) is 84.8 Å². The first kappa shape index (κ1) is 26.6. The van der Waals surface area contributed by atoms with Crippen molar-refractivity contribution < 1.29 is 29.1 Å². The highest BCUT2D eigenvalue weighted by Crippen LogP contribution is 2.15. The molecule has 2 aromatic carbocycles. The Hall–Kier alpha value is -2.70. The van der Waals surface area contributed by atoms with E-state index in [1.165, 1.54) is 0 Å². The summed E-state index contributed by atoms with van der Waals surface area (Å²) in [6, 6.07) is 14.4. The van der Waals surface area contributed by atoms with Gasteiger partial charge >= 0.3 is 11.9 Å². The summed E-state index contributed by atoms with van der Waals surface area (Å²) in [5, 5.41) is 0. The van der Waals surface area contributed by atoms with Gasteiger partial charge < -0.3 is 0 Å². The van der Waals surface area contributed by atoms with E-state index in [4.69, 9.17) is 19.6 Å². The first-order valence-corrected chi connectivity index (χ1v) is 12.0. The molecule has 6 heteroatoms. The second-order valence-electron chi connectivity index (χ2n) is 8.11. The minimum atomic E-state index is -1.01. The summed E-state index contributed by atoms with van der Waals surface area (Å²) in [6.45, 7) is 6.32. The molecular formula is C27H36O6. The van der Waals surface area contributed by atoms with Crippen LogP contribution in [0, 0.1) is 0 Å². The summed E-state index contributed by atoms with van der Waals surface area (Å²) in [4.78, 5) is 45.0. The van der Waals surface area contributed by atoms with Gasteiger partial charge in [-0.3, -0.25) is 9.78 Å². The van der Waals surface area contributed by atoms with Crippen LogP contribution >= 0.6 is 0 Å². The Bertz CT molecular complexity index is 763. The van der Waals surface area contributed by atoms with Gasteiger partial charge in [-0.25, -0.2) is 9.59 Å². The van der Waals surface area contributed by atoms with Crippen molar-refractivity contribution >= 4 is 11.9 Å². The molecule has 6 nitrogen and oxygen atoms in total. The van der Waals surface area contributed by atoms with E-state index in [0.29, 0.717) is 17.5 Å². The highest BCUT2D eigenvalue weighted by Gasteiger charge is 2.19. The zero-order chi connectivity index (χ0) is 23.9. The Kier molecular flexibility index (Phi) is 12.2. The van der Waals surface area contributed by atoms with Crippen LogP contribution in [0.4, 0.5) is 0 Å². The lowest BCUT2D eigenvalue weighted by molar-refractivity contribution is -0.421. The maximum Gasteiger partial charge on any atom is 0.373 e. The van der Waals surface area contributed by atoms with Crippen LogP contribution in [0.1, 0.15) is 97.6 Å². The molecule has 0 saturated heterocycles.